The van der Waals surface area contributed by atoms with Crippen LogP contribution in [0.1, 0.15) is 71.3 Å². The molecule has 3 nitrogen and oxygen atoms in total. The van der Waals surface area contributed by atoms with Gasteiger partial charge in [-0.3, -0.25) is 0 Å². The van der Waals surface area contributed by atoms with Gasteiger partial charge in [0.2, 0.25) is 0 Å². The van der Waals surface area contributed by atoms with Crippen LogP contribution in [0.4, 0.5) is 5.82 Å². The molecule has 0 aliphatic rings. The smallest absolute Gasteiger partial charge is 0.127 e. The lowest BCUT2D eigenvalue weighted by Crippen LogP contribution is -2.19. The molecular formula is C17H29N3. The van der Waals surface area contributed by atoms with E-state index >= 15 is 0 Å². The third kappa shape index (κ3) is 4.30. The zero-order chi connectivity index (χ0) is 15.2. The van der Waals surface area contributed by atoms with E-state index in [2.05, 4.69) is 33.6 Å². The Bertz CT molecular complexity index is 458. The van der Waals surface area contributed by atoms with Gasteiger partial charge in [0.1, 0.15) is 11.6 Å². The Labute approximate surface area is 124 Å². The third-order valence-electron chi connectivity index (χ3n) is 3.52. The van der Waals surface area contributed by atoms with Crippen LogP contribution in [0.3, 0.4) is 0 Å². The number of nitrogens with two attached hydrogens (primary N) is 1. The third-order valence-corrected chi connectivity index (χ3v) is 3.52. The maximum absolute atomic E-state index is 6.23. The lowest BCUT2D eigenvalue weighted by Gasteiger charge is -2.19. The average Bonchev–Trinajstić information content (AvgIpc) is 2.68. The molecule has 0 spiro atoms. The van der Waals surface area contributed by atoms with Crippen molar-refractivity contribution >= 4 is 5.82 Å². The first-order valence-corrected chi connectivity index (χ1v) is 7.70. The summed E-state index contributed by atoms with van der Waals surface area (Å²) < 4.78 is 1.99. The molecule has 1 aromatic heterocycles. The Balaban J connectivity index is 2.80. The Hall–Kier alpha value is -1.43. The number of hydrogen-bond donors (Lipinski definition) is 1. The molecule has 0 radical (unpaired) electrons. The normalized spacial score (nSPS) is 11.6. The Kier molecular flexibility index (Phi) is 6.13. The second-order valence-electron chi connectivity index (χ2n) is 6.47. The molecular weight excluding hydrogens is 246 g/mol. The van der Waals surface area contributed by atoms with Gasteiger partial charge in [-0.2, -0.15) is 0 Å². The molecule has 0 aliphatic heterocycles. The molecule has 1 heterocycles. The summed E-state index contributed by atoms with van der Waals surface area (Å²) in [5, 5.41) is 0. The molecule has 0 amide bonds. The van der Waals surface area contributed by atoms with Crippen LogP contribution >= 0.6 is 0 Å². The number of unbranched alkanes of at least 4 members (excludes halogenated alkanes) is 4. The first kappa shape index (κ1) is 16.6. The van der Waals surface area contributed by atoms with Crippen molar-refractivity contribution in [2.75, 3.05) is 5.73 Å². The molecule has 2 N–H and O–H groups in total. The van der Waals surface area contributed by atoms with Crippen LogP contribution in [-0.4, -0.2) is 9.55 Å². The highest BCUT2D eigenvalue weighted by atomic mass is 15.1. The van der Waals surface area contributed by atoms with Gasteiger partial charge in [0, 0.05) is 5.41 Å². The zero-order valence-electron chi connectivity index (χ0n) is 13.5. The maximum Gasteiger partial charge on any atom is 0.127 e. The predicted molar refractivity (Wildman–Crippen MR) is 86.6 cm³/mol. The number of terminal acetylenes is 1. The lowest BCUT2D eigenvalue weighted by atomic mass is 9.95. The van der Waals surface area contributed by atoms with E-state index in [0.717, 1.165) is 30.2 Å². The minimum absolute atomic E-state index is 0.0363. The quantitative estimate of drug-likeness (QED) is 0.605. The molecule has 3 heteroatoms. The Morgan fingerprint density at radius 1 is 1.20 bits per heavy atom. The number of anilines is 1. The molecule has 0 bridgehead atoms. The van der Waals surface area contributed by atoms with E-state index in [9.17, 15) is 0 Å². The fourth-order valence-electron chi connectivity index (χ4n) is 2.42. The van der Waals surface area contributed by atoms with Crippen molar-refractivity contribution < 1.29 is 0 Å². The summed E-state index contributed by atoms with van der Waals surface area (Å²) in [6.45, 7) is 9.17. The largest absolute Gasteiger partial charge is 0.384 e. The van der Waals surface area contributed by atoms with Crippen LogP contribution in [0.5, 0.6) is 0 Å². The monoisotopic (exact) mass is 275 g/mol. The van der Waals surface area contributed by atoms with E-state index in [1.807, 2.05) is 4.57 Å². The van der Waals surface area contributed by atoms with Crippen molar-refractivity contribution in [1.82, 2.24) is 9.55 Å². The minimum Gasteiger partial charge on any atom is -0.384 e. The average molecular weight is 275 g/mol. The van der Waals surface area contributed by atoms with E-state index in [1.165, 1.54) is 25.7 Å². The summed E-state index contributed by atoms with van der Waals surface area (Å²) in [5.74, 6) is 4.43. The molecule has 1 aromatic rings. The zero-order valence-corrected chi connectivity index (χ0v) is 13.5. The second-order valence-corrected chi connectivity index (χ2v) is 6.47. The van der Waals surface area contributed by atoms with Gasteiger partial charge >= 0.3 is 0 Å². The van der Waals surface area contributed by atoms with Crippen LogP contribution in [0.2, 0.25) is 0 Å². The first-order valence-electron chi connectivity index (χ1n) is 7.70. The standard InChI is InChI=1S/C17H29N3/c1-6-8-9-10-11-12-14-15(18)20(13-7-2)16(19-14)17(3,4)5/h2H,6,8-13,18H2,1,3-5H3. The van der Waals surface area contributed by atoms with Crippen LogP contribution in [0.25, 0.3) is 0 Å². The van der Waals surface area contributed by atoms with Crippen molar-refractivity contribution in [2.45, 2.75) is 78.2 Å². The van der Waals surface area contributed by atoms with Crippen molar-refractivity contribution in [3.05, 3.63) is 11.5 Å². The van der Waals surface area contributed by atoms with E-state index in [-0.39, 0.29) is 5.41 Å². The second kappa shape index (κ2) is 7.38. The van der Waals surface area contributed by atoms with E-state index < -0.39 is 0 Å². The Morgan fingerprint density at radius 2 is 1.85 bits per heavy atom. The van der Waals surface area contributed by atoms with Crippen LogP contribution < -0.4 is 5.73 Å². The van der Waals surface area contributed by atoms with E-state index in [0.29, 0.717) is 6.54 Å². The maximum atomic E-state index is 6.23. The molecule has 0 saturated heterocycles. The first-order chi connectivity index (χ1) is 9.41. The number of hydrogen-bond acceptors (Lipinski definition) is 2. The van der Waals surface area contributed by atoms with Gasteiger partial charge in [-0.25, -0.2) is 4.98 Å². The van der Waals surface area contributed by atoms with Crippen molar-refractivity contribution in [2.24, 2.45) is 0 Å². The highest BCUT2D eigenvalue weighted by molar-refractivity contribution is 5.40. The van der Waals surface area contributed by atoms with E-state index in [4.69, 9.17) is 17.1 Å². The molecule has 0 unspecified atom stereocenters. The summed E-state index contributed by atoms with van der Waals surface area (Å²) in [6, 6.07) is 0. The predicted octanol–water partition coefficient (Wildman–Crippen LogP) is 3.91. The van der Waals surface area contributed by atoms with Crippen LogP contribution in [0.15, 0.2) is 0 Å². The van der Waals surface area contributed by atoms with Crippen molar-refractivity contribution in [3.8, 4) is 12.3 Å². The number of aryl methyl sites for hydroxylation is 1. The summed E-state index contributed by atoms with van der Waals surface area (Å²) in [5.41, 5.74) is 7.21. The van der Waals surface area contributed by atoms with Gasteiger partial charge in [0.15, 0.2) is 0 Å². The fourth-order valence-corrected chi connectivity index (χ4v) is 2.42. The highest BCUT2D eigenvalue weighted by Crippen LogP contribution is 2.26. The fraction of sp³-hybridized carbons (Fsp3) is 0.706. The van der Waals surface area contributed by atoms with Gasteiger partial charge in [-0.15, -0.1) is 6.42 Å². The van der Waals surface area contributed by atoms with E-state index in [1.54, 1.807) is 0 Å². The van der Waals surface area contributed by atoms with Gasteiger partial charge in [0.25, 0.3) is 0 Å². The number of nitrogens with zero attached hydrogens (tertiary/aromatic N) is 2. The molecule has 0 atom stereocenters. The lowest BCUT2D eigenvalue weighted by molar-refractivity contribution is 0.516. The molecule has 20 heavy (non-hydrogen) atoms. The molecule has 0 fully saturated rings. The summed E-state index contributed by atoms with van der Waals surface area (Å²) in [6.07, 6.45) is 12.7. The molecule has 1 rings (SSSR count). The summed E-state index contributed by atoms with van der Waals surface area (Å²) >= 11 is 0. The van der Waals surface area contributed by atoms with Gasteiger partial charge in [-0.1, -0.05) is 59.3 Å². The summed E-state index contributed by atoms with van der Waals surface area (Å²) in [7, 11) is 0. The minimum atomic E-state index is -0.0363. The van der Waals surface area contributed by atoms with Crippen molar-refractivity contribution in [1.29, 1.82) is 0 Å². The Morgan fingerprint density at radius 3 is 2.40 bits per heavy atom. The van der Waals surface area contributed by atoms with Gasteiger partial charge in [-0.05, 0) is 12.8 Å². The van der Waals surface area contributed by atoms with Gasteiger partial charge < -0.3 is 10.3 Å². The van der Waals surface area contributed by atoms with Gasteiger partial charge in [0.05, 0.1) is 12.2 Å². The topological polar surface area (TPSA) is 43.8 Å². The van der Waals surface area contributed by atoms with Crippen LogP contribution in [0, 0.1) is 12.3 Å². The van der Waals surface area contributed by atoms with Crippen molar-refractivity contribution in [3.63, 3.8) is 0 Å². The molecule has 0 aromatic carbocycles. The number of imidazole rings is 1. The summed E-state index contributed by atoms with van der Waals surface area (Å²) in [4.78, 5) is 4.76. The molecule has 112 valence electrons. The van der Waals surface area contributed by atoms with Crippen LogP contribution in [-0.2, 0) is 18.4 Å². The highest BCUT2D eigenvalue weighted by Gasteiger charge is 2.24. The number of aromatic nitrogens is 2. The number of nitrogen functional groups attached to an aromatic ring is 1. The molecule has 0 saturated carbocycles. The molecule has 0 aliphatic carbocycles. The number of rotatable bonds is 7. The SMILES string of the molecule is C#CCn1c(C(C)(C)C)nc(CCCCCCC)c1N.